The van der Waals surface area contributed by atoms with Gasteiger partial charge in [-0.15, -0.1) is 0 Å². The van der Waals surface area contributed by atoms with Crippen LogP contribution in [0.1, 0.15) is 36.0 Å². The van der Waals surface area contributed by atoms with Crippen LogP contribution in [0.3, 0.4) is 0 Å². The largest absolute Gasteiger partial charge is 0.325 e. The minimum Gasteiger partial charge on any atom is -0.325 e. The van der Waals surface area contributed by atoms with Crippen LogP contribution in [0.5, 0.6) is 0 Å². The molecular weight excluding hydrogens is 212 g/mol. The van der Waals surface area contributed by atoms with Crippen molar-refractivity contribution in [3.8, 4) is 6.07 Å². The van der Waals surface area contributed by atoms with E-state index in [4.69, 9.17) is 5.26 Å². The van der Waals surface area contributed by atoms with Crippen LogP contribution in [0.2, 0.25) is 0 Å². The Kier molecular flexibility index (Phi) is 3.14. The number of nitriles is 1. The first-order valence-corrected chi connectivity index (χ1v) is 5.94. The molecule has 3 nitrogen and oxygen atoms in total. The maximum absolute atomic E-state index is 11.9. The van der Waals surface area contributed by atoms with E-state index in [0.717, 1.165) is 36.1 Å². The number of nitrogens with zero attached hydrogens (tertiary/aromatic N) is 1. The number of nitrogens with one attached hydrogen (secondary N) is 1. The average molecular weight is 228 g/mol. The molecular formula is C14H16N2O. The number of hydrogen-bond acceptors (Lipinski definition) is 2. The lowest BCUT2D eigenvalue weighted by molar-refractivity contribution is -0.122. The van der Waals surface area contributed by atoms with Gasteiger partial charge in [0.15, 0.2) is 0 Å². The molecule has 0 unspecified atom stereocenters. The first-order chi connectivity index (χ1) is 8.11. The molecule has 17 heavy (non-hydrogen) atoms. The summed E-state index contributed by atoms with van der Waals surface area (Å²) in [4.78, 5) is 11.9. The molecule has 0 heterocycles. The highest BCUT2D eigenvalue weighted by Gasteiger charge is 2.25. The third-order valence-corrected chi connectivity index (χ3v) is 3.39. The van der Waals surface area contributed by atoms with Gasteiger partial charge in [-0.05, 0) is 49.9 Å². The molecule has 88 valence electrons. The van der Waals surface area contributed by atoms with Crippen molar-refractivity contribution in [2.45, 2.75) is 33.1 Å². The second-order valence-electron chi connectivity index (χ2n) is 4.71. The van der Waals surface area contributed by atoms with E-state index in [2.05, 4.69) is 11.4 Å². The van der Waals surface area contributed by atoms with Gasteiger partial charge in [0.2, 0.25) is 5.91 Å². The summed E-state index contributed by atoms with van der Waals surface area (Å²) in [5, 5.41) is 11.8. The monoisotopic (exact) mass is 228 g/mol. The van der Waals surface area contributed by atoms with Gasteiger partial charge in [-0.3, -0.25) is 4.79 Å². The van der Waals surface area contributed by atoms with Crippen molar-refractivity contribution in [2.24, 2.45) is 5.92 Å². The Morgan fingerprint density at radius 1 is 1.35 bits per heavy atom. The molecule has 0 spiro atoms. The van der Waals surface area contributed by atoms with E-state index >= 15 is 0 Å². The minimum atomic E-state index is 0.118. The Hall–Kier alpha value is -1.82. The SMILES string of the molecule is Cc1cc(C#N)cc(C)c1NC(=O)C1CCC1. The van der Waals surface area contributed by atoms with Crippen molar-refractivity contribution in [3.05, 3.63) is 28.8 Å². The first-order valence-electron chi connectivity index (χ1n) is 5.94. The number of hydrogen-bond donors (Lipinski definition) is 1. The highest BCUT2D eigenvalue weighted by atomic mass is 16.1. The predicted molar refractivity (Wildman–Crippen MR) is 66.6 cm³/mol. The Balaban J connectivity index is 2.21. The summed E-state index contributed by atoms with van der Waals surface area (Å²) in [5.41, 5.74) is 3.41. The van der Waals surface area contributed by atoms with Gasteiger partial charge in [0.1, 0.15) is 0 Å². The van der Waals surface area contributed by atoms with Gasteiger partial charge >= 0.3 is 0 Å². The molecule has 0 aliphatic heterocycles. The summed E-state index contributed by atoms with van der Waals surface area (Å²) < 4.78 is 0. The first kappa shape index (κ1) is 11.7. The molecule has 0 aromatic heterocycles. The molecule has 0 saturated heterocycles. The fraction of sp³-hybridized carbons (Fsp3) is 0.429. The van der Waals surface area contributed by atoms with Crippen LogP contribution in [0, 0.1) is 31.1 Å². The lowest BCUT2D eigenvalue weighted by Gasteiger charge is -2.25. The minimum absolute atomic E-state index is 0.118. The van der Waals surface area contributed by atoms with E-state index in [9.17, 15) is 4.79 Å². The van der Waals surface area contributed by atoms with E-state index < -0.39 is 0 Å². The summed E-state index contributed by atoms with van der Waals surface area (Å²) >= 11 is 0. The number of carbonyl (C=O) groups excluding carboxylic acids is 1. The number of carbonyl (C=O) groups is 1. The maximum atomic E-state index is 11.9. The van der Waals surface area contributed by atoms with E-state index in [1.54, 1.807) is 0 Å². The van der Waals surface area contributed by atoms with E-state index in [1.165, 1.54) is 0 Å². The molecule has 1 aromatic rings. The lowest BCUT2D eigenvalue weighted by Crippen LogP contribution is -2.28. The fourth-order valence-electron chi connectivity index (χ4n) is 2.12. The third-order valence-electron chi connectivity index (χ3n) is 3.39. The average Bonchev–Trinajstić information content (AvgIpc) is 2.20. The van der Waals surface area contributed by atoms with Crippen LogP contribution in [0.15, 0.2) is 12.1 Å². The van der Waals surface area contributed by atoms with Crippen LogP contribution >= 0.6 is 0 Å². The Labute approximate surface area is 101 Å². The molecule has 1 aliphatic rings. The van der Waals surface area contributed by atoms with Crippen LogP contribution in [0.4, 0.5) is 5.69 Å². The number of benzene rings is 1. The summed E-state index contributed by atoms with van der Waals surface area (Å²) in [7, 11) is 0. The van der Waals surface area contributed by atoms with Gasteiger partial charge in [-0.2, -0.15) is 5.26 Å². The van der Waals surface area contributed by atoms with Gasteiger partial charge < -0.3 is 5.32 Å². The quantitative estimate of drug-likeness (QED) is 0.846. The molecule has 0 radical (unpaired) electrons. The molecule has 3 heteroatoms. The van der Waals surface area contributed by atoms with Crippen molar-refractivity contribution in [2.75, 3.05) is 5.32 Å². The van der Waals surface area contributed by atoms with Crippen LogP contribution < -0.4 is 5.32 Å². The standard InChI is InChI=1S/C14H16N2O/c1-9-6-11(8-15)7-10(2)13(9)16-14(17)12-4-3-5-12/h6-7,12H,3-5H2,1-2H3,(H,16,17). The summed E-state index contributed by atoms with van der Waals surface area (Å²) in [5.74, 6) is 0.302. The van der Waals surface area contributed by atoms with Crippen LogP contribution in [-0.4, -0.2) is 5.91 Å². The second kappa shape index (κ2) is 4.58. The Morgan fingerprint density at radius 3 is 2.35 bits per heavy atom. The van der Waals surface area contributed by atoms with Crippen molar-refractivity contribution in [3.63, 3.8) is 0 Å². The maximum Gasteiger partial charge on any atom is 0.227 e. The number of amides is 1. The van der Waals surface area contributed by atoms with Crippen LogP contribution in [-0.2, 0) is 4.79 Å². The van der Waals surface area contributed by atoms with Crippen molar-refractivity contribution in [1.82, 2.24) is 0 Å². The number of aryl methyl sites for hydroxylation is 2. The molecule has 1 saturated carbocycles. The molecule has 1 fully saturated rings. The molecule has 0 bridgehead atoms. The zero-order chi connectivity index (χ0) is 12.4. The van der Waals surface area contributed by atoms with Crippen molar-refractivity contribution >= 4 is 11.6 Å². The zero-order valence-corrected chi connectivity index (χ0v) is 10.2. The van der Waals surface area contributed by atoms with Crippen LogP contribution in [0.25, 0.3) is 0 Å². The number of anilines is 1. The van der Waals surface area contributed by atoms with E-state index in [0.29, 0.717) is 5.56 Å². The summed E-state index contributed by atoms with van der Waals surface area (Å²) in [6.07, 6.45) is 3.16. The van der Waals surface area contributed by atoms with E-state index in [-0.39, 0.29) is 11.8 Å². The predicted octanol–water partition coefficient (Wildman–Crippen LogP) is 2.91. The molecule has 1 aliphatic carbocycles. The van der Waals surface area contributed by atoms with Gasteiger partial charge in [-0.25, -0.2) is 0 Å². The topological polar surface area (TPSA) is 52.9 Å². The summed E-state index contributed by atoms with van der Waals surface area (Å²) in [6.45, 7) is 3.84. The normalized spacial score (nSPS) is 14.9. The zero-order valence-electron chi connectivity index (χ0n) is 10.2. The lowest BCUT2D eigenvalue weighted by atomic mass is 9.84. The molecule has 2 rings (SSSR count). The molecule has 1 aromatic carbocycles. The van der Waals surface area contributed by atoms with Gasteiger partial charge in [-0.1, -0.05) is 6.42 Å². The second-order valence-corrected chi connectivity index (χ2v) is 4.71. The van der Waals surface area contributed by atoms with Crippen molar-refractivity contribution < 1.29 is 4.79 Å². The summed E-state index contributed by atoms with van der Waals surface area (Å²) in [6, 6.07) is 5.74. The molecule has 1 N–H and O–H groups in total. The van der Waals surface area contributed by atoms with E-state index in [1.807, 2.05) is 26.0 Å². The fourth-order valence-corrected chi connectivity index (χ4v) is 2.12. The Morgan fingerprint density at radius 2 is 1.94 bits per heavy atom. The third kappa shape index (κ3) is 2.31. The van der Waals surface area contributed by atoms with Gasteiger partial charge in [0, 0.05) is 11.6 Å². The van der Waals surface area contributed by atoms with Crippen molar-refractivity contribution in [1.29, 1.82) is 5.26 Å². The molecule has 1 amide bonds. The highest BCUT2D eigenvalue weighted by Crippen LogP contribution is 2.29. The van der Waals surface area contributed by atoms with Gasteiger partial charge in [0.05, 0.1) is 11.6 Å². The number of rotatable bonds is 2. The smallest absolute Gasteiger partial charge is 0.227 e. The Bertz CT molecular complexity index is 472. The molecule has 0 atom stereocenters. The highest BCUT2D eigenvalue weighted by molar-refractivity contribution is 5.94. The van der Waals surface area contributed by atoms with Gasteiger partial charge in [0.25, 0.3) is 0 Å².